The van der Waals surface area contributed by atoms with E-state index in [0.717, 1.165) is 25.1 Å². The van der Waals surface area contributed by atoms with Crippen LogP contribution in [0, 0.1) is 0 Å². The van der Waals surface area contributed by atoms with Gasteiger partial charge in [-0.1, -0.05) is 12.1 Å². The first kappa shape index (κ1) is 24.6. The standard InChI is InChI=1S/C22H27N5O4S2/c28-18-8-7-17(20(29)21(18)30)13-23-26-33-25-19(14-32)24-22(31)16-5-3-15(4-6-16)9-12-27-10-1-2-11-27/h3-8,13-14,25-26,28-30,32H,1-2,9-12H2,(H,24,31)/b19-14-,23-13+. The molecule has 11 heteroatoms. The van der Waals surface area contributed by atoms with E-state index in [4.69, 9.17) is 0 Å². The first-order chi connectivity index (χ1) is 16.0. The highest BCUT2D eigenvalue weighted by molar-refractivity contribution is 7.95. The molecule has 1 aliphatic rings. The van der Waals surface area contributed by atoms with Gasteiger partial charge in [0.15, 0.2) is 11.5 Å². The van der Waals surface area contributed by atoms with Crippen molar-refractivity contribution in [2.24, 2.45) is 5.10 Å². The number of hydrogen-bond acceptors (Lipinski definition) is 10. The van der Waals surface area contributed by atoms with Crippen LogP contribution in [0.3, 0.4) is 0 Å². The van der Waals surface area contributed by atoms with Gasteiger partial charge in [-0.15, -0.1) is 12.6 Å². The number of amides is 1. The lowest BCUT2D eigenvalue weighted by molar-refractivity contribution is 0.0965. The number of carbonyl (C=O) groups excluding carboxylic acids is 1. The molecule has 1 heterocycles. The van der Waals surface area contributed by atoms with Crippen molar-refractivity contribution in [3.63, 3.8) is 0 Å². The predicted octanol–water partition coefficient (Wildman–Crippen LogP) is 2.68. The summed E-state index contributed by atoms with van der Waals surface area (Å²) in [6, 6.07) is 10.2. The highest BCUT2D eigenvalue weighted by Crippen LogP contribution is 2.36. The number of nitrogens with one attached hydrogen (secondary N) is 3. The summed E-state index contributed by atoms with van der Waals surface area (Å²) in [5.74, 6) is -1.46. The van der Waals surface area contributed by atoms with E-state index >= 15 is 0 Å². The lowest BCUT2D eigenvalue weighted by Crippen LogP contribution is -2.29. The molecule has 0 unspecified atom stereocenters. The fourth-order valence-electron chi connectivity index (χ4n) is 3.28. The molecule has 6 N–H and O–H groups in total. The molecule has 0 saturated carbocycles. The van der Waals surface area contributed by atoms with Crippen molar-refractivity contribution in [2.45, 2.75) is 19.3 Å². The molecular weight excluding hydrogens is 462 g/mol. The number of rotatable bonds is 10. The lowest BCUT2D eigenvalue weighted by Gasteiger charge is -2.14. The van der Waals surface area contributed by atoms with Gasteiger partial charge in [-0.3, -0.25) is 9.52 Å². The van der Waals surface area contributed by atoms with Gasteiger partial charge >= 0.3 is 0 Å². The zero-order valence-electron chi connectivity index (χ0n) is 17.9. The number of nitrogens with zero attached hydrogens (tertiary/aromatic N) is 2. The highest BCUT2D eigenvalue weighted by Gasteiger charge is 2.12. The Morgan fingerprint density at radius 1 is 1.09 bits per heavy atom. The van der Waals surface area contributed by atoms with E-state index in [1.165, 1.54) is 55.2 Å². The van der Waals surface area contributed by atoms with Crippen molar-refractivity contribution in [2.75, 3.05) is 19.6 Å². The molecule has 0 spiro atoms. The lowest BCUT2D eigenvalue weighted by atomic mass is 10.1. The molecule has 2 aromatic carbocycles. The first-order valence-corrected chi connectivity index (χ1v) is 11.7. The van der Waals surface area contributed by atoms with Crippen LogP contribution in [-0.2, 0) is 6.42 Å². The molecule has 0 bridgehead atoms. The Morgan fingerprint density at radius 3 is 2.52 bits per heavy atom. The number of thiol groups is 1. The van der Waals surface area contributed by atoms with Crippen LogP contribution in [0.15, 0.2) is 52.7 Å². The van der Waals surface area contributed by atoms with Gasteiger partial charge in [0.1, 0.15) is 5.82 Å². The molecule has 1 fully saturated rings. The van der Waals surface area contributed by atoms with Crippen molar-refractivity contribution in [1.29, 1.82) is 0 Å². The van der Waals surface area contributed by atoms with Crippen LogP contribution < -0.4 is 14.9 Å². The van der Waals surface area contributed by atoms with Gasteiger partial charge in [-0.05, 0) is 62.2 Å². The molecule has 0 aliphatic carbocycles. The molecule has 3 rings (SSSR count). The van der Waals surface area contributed by atoms with Gasteiger partial charge in [0.25, 0.3) is 5.91 Å². The van der Waals surface area contributed by atoms with Gasteiger partial charge in [-0.2, -0.15) is 5.10 Å². The number of phenolic OH excluding ortho intramolecular Hbond substituents is 3. The summed E-state index contributed by atoms with van der Waals surface area (Å²) < 4.78 is 2.84. The van der Waals surface area contributed by atoms with Crippen LogP contribution in [0.25, 0.3) is 0 Å². The van der Waals surface area contributed by atoms with Crippen molar-refractivity contribution < 1.29 is 20.1 Å². The van der Waals surface area contributed by atoms with Crippen molar-refractivity contribution in [1.82, 2.24) is 19.8 Å². The van der Waals surface area contributed by atoms with E-state index in [0.29, 0.717) is 11.4 Å². The minimum absolute atomic E-state index is 0.209. The molecule has 0 atom stereocenters. The zero-order chi connectivity index (χ0) is 23.6. The molecule has 1 aliphatic heterocycles. The average Bonchev–Trinajstić information content (AvgIpc) is 3.35. The second-order valence-corrected chi connectivity index (χ2v) is 8.27. The number of phenols is 3. The van der Waals surface area contributed by atoms with Gasteiger partial charge in [0.05, 0.1) is 18.3 Å². The van der Waals surface area contributed by atoms with E-state index in [1.54, 1.807) is 12.1 Å². The molecule has 9 nitrogen and oxygen atoms in total. The average molecular weight is 490 g/mol. The molecular formula is C22H27N5O4S2. The molecule has 1 amide bonds. The second-order valence-electron chi connectivity index (χ2n) is 7.42. The van der Waals surface area contributed by atoms with Gasteiger partial charge in [0.2, 0.25) is 5.75 Å². The van der Waals surface area contributed by atoms with Gasteiger partial charge < -0.3 is 25.5 Å². The topological polar surface area (TPSA) is 129 Å². The Labute approximate surface area is 202 Å². The molecule has 176 valence electrons. The van der Waals surface area contributed by atoms with Crippen LogP contribution >= 0.6 is 24.8 Å². The Morgan fingerprint density at radius 2 is 1.82 bits per heavy atom. The van der Waals surface area contributed by atoms with Crippen LogP contribution in [0.2, 0.25) is 0 Å². The SMILES string of the molecule is O=C(N/C(=C/S)NSN/N=C/c1ccc(O)c(O)c1O)c1ccc(CCN2CCCC2)cc1. The third kappa shape index (κ3) is 7.24. The van der Waals surface area contributed by atoms with Crippen LogP contribution in [-0.4, -0.2) is 52.0 Å². The maximum atomic E-state index is 12.5. The van der Waals surface area contributed by atoms with E-state index < -0.39 is 17.2 Å². The number of hydrazone groups is 1. The van der Waals surface area contributed by atoms with E-state index in [1.807, 2.05) is 12.1 Å². The fourth-order valence-corrected chi connectivity index (χ4v) is 3.87. The van der Waals surface area contributed by atoms with Crippen molar-refractivity contribution in [3.8, 4) is 17.2 Å². The molecule has 0 radical (unpaired) electrons. The maximum absolute atomic E-state index is 12.5. The number of hydrogen-bond donors (Lipinski definition) is 7. The zero-order valence-corrected chi connectivity index (χ0v) is 19.6. The monoisotopic (exact) mass is 489 g/mol. The summed E-state index contributed by atoms with van der Waals surface area (Å²) >= 11 is 5.05. The molecule has 1 saturated heterocycles. The predicted molar refractivity (Wildman–Crippen MR) is 133 cm³/mol. The Hall–Kier alpha value is -3.02. The number of likely N-dealkylation sites (tertiary alicyclic amines) is 1. The summed E-state index contributed by atoms with van der Waals surface area (Å²) in [5, 5.41) is 36.6. The Kier molecular flexibility index (Phi) is 9.16. The third-order valence-electron chi connectivity index (χ3n) is 5.13. The third-order valence-corrected chi connectivity index (χ3v) is 5.91. The van der Waals surface area contributed by atoms with E-state index in [9.17, 15) is 20.1 Å². The maximum Gasteiger partial charge on any atom is 0.256 e. The van der Waals surface area contributed by atoms with Crippen LogP contribution in [0.1, 0.15) is 34.3 Å². The Bertz CT molecular complexity index is 1010. The minimum Gasteiger partial charge on any atom is -0.504 e. The van der Waals surface area contributed by atoms with Crippen molar-refractivity contribution >= 4 is 36.9 Å². The van der Waals surface area contributed by atoms with Crippen molar-refractivity contribution in [3.05, 3.63) is 64.3 Å². The second kappa shape index (κ2) is 12.3. The van der Waals surface area contributed by atoms with E-state index in [-0.39, 0.29) is 11.5 Å². The number of aromatic hydroxyl groups is 3. The first-order valence-electron chi connectivity index (χ1n) is 10.4. The summed E-state index contributed by atoms with van der Waals surface area (Å²) in [6.07, 6.45) is 4.79. The van der Waals surface area contributed by atoms with Crippen LogP contribution in [0.4, 0.5) is 0 Å². The van der Waals surface area contributed by atoms with Crippen LogP contribution in [0.5, 0.6) is 17.2 Å². The molecule has 0 aromatic heterocycles. The smallest absolute Gasteiger partial charge is 0.256 e. The quantitative estimate of drug-likeness (QED) is 0.0678. The summed E-state index contributed by atoms with van der Waals surface area (Å²) in [4.78, 5) is 17.6. The summed E-state index contributed by atoms with van der Waals surface area (Å²) in [6.45, 7) is 3.39. The largest absolute Gasteiger partial charge is 0.504 e. The molecule has 33 heavy (non-hydrogen) atoms. The summed E-state index contributed by atoms with van der Waals surface area (Å²) in [7, 11) is 0. The fraction of sp³-hybridized carbons (Fsp3) is 0.273. The summed E-state index contributed by atoms with van der Waals surface area (Å²) in [5.41, 5.74) is 1.95. The van der Waals surface area contributed by atoms with Gasteiger partial charge in [-0.25, -0.2) is 4.83 Å². The highest BCUT2D eigenvalue weighted by atomic mass is 32.2. The molecule has 2 aromatic rings. The van der Waals surface area contributed by atoms with Gasteiger partial charge in [0, 0.05) is 23.1 Å². The normalized spacial score (nSPS) is 14.5. The van der Waals surface area contributed by atoms with E-state index in [2.05, 4.69) is 37.5 Å². The number of benzene rings is 2. The number of carbonyl (C=O) groups is 1. The minimum atomic E-state index is -0.618. The Balaban J connectivity index is 1.42.